The van der Waals surface area contributed by atoms with E-state index < -0.39 is 18.0 Å². The first-order valence-corrected chi connectivity index (χ1v) is 9.09. The molecule has 3 aromatic carbocycles. The van der Waals surface area contributed by atoms with Crippen LogP contribution < -0.4 is 10.1 Å². The van der Waals surface area contributed by atoms with E-state index in [0.29, 0.717) is 28.8 Å². The molecule has 3 rings (SSSR count). The van der Waals surface area contributed by atoms with Crippen LogP contribution in [-0.4, -0.2) is 34.8 Å². The summed E-state index contributed by atoms with van der Waals surface area (Å²) in [7, 11) is 0. The molecule has 0 aromatic heterocycles. The molecule has 0 heterocycles. The first kappa shape index (κ1) is 20.0. The highest BCUT2D eigenvalue weighted by molar-refractivity contribution is 6.04. The third-order valence-corrected chi connectivity index (χ3v) is 4.30. The first-order chi connectivity index (χ1) is 13.9. The van der Waals surface area contributed by atoms with E-state index in [9.17, 15) is 19.8 Å². The molecule has 0 saturated heterocycles. The number of anilines is 1. The Hall–Kier alpha value is -3.74. The zero-order valence-electron chi connectivity index (χ0n) is 16.0. The minimum atomic E-state index is -1.12. The summed E-state index contributed by atoms with van der Waals surface area (Å²) < 4.78 is 10.5. The van der Waals surface area contributed by atoms with E-state index in [0.717, 1.165) is 6.07 Å². The number of nitrogens with one attached hydrogen (secondary N) is 1. The van der Waals surface area contributed by atoms with Gasteiger partial charge in [-0.25, -0.2) is 4.79 Å². The molecule has 0 spiro atoms. The van der Waals surface area contributed by atoms with Crippen LogP contribution in [0.4, 0.5) is 5.69 Å². The summed E-state index contributed by atoms with van der Waals surface area (Å²) in [5.74, 6) is -1.26. The Balaban J connectivity index is 1.71. The van der Waals surface area contributed by atoms with Crippen molar-refractivity contribution in [3.05, 3.63) is 60.2 Å². The monoisotopic (exact) mass is 395 g/mol. The Labute approximate surface area is 167 Å². The smallest absolute Gasteiger partial charge is 0.342 e. The van der Waals surface area contributed by atoms with Crippen molar-refractivity contribution in [3.63, 3.8) is 0 Å². The number of amides is 1. The number of hydrogen-bond donors (Lipinski definition) is 3. The summed E-state index contributed by atoms with van der Waals surface area (Å²) in [6.07, 6.45) is -1.12. The standard InChI is InChI=1S/C22H21NO6/c1-3-28-15-10-8-14(9-11-15)23-21(26)13(2)29-22(27)18-12-19(24)16-6-4-5-7-17(16)20(18)25/h4-13,24-25H,3H2,1-2H3,(H,23,26)/t13-/m1/s1. The van der Waals surface area contributed by atoms with Gasteiger partial charge in [0.1, 0.15) is 22.8 Å². The van der Waals surface area contributed by atoms with Crippen LogP contribution in [0.2, 0.25) is 0 Å². The van der Waals surface area contributed by atoms with Gasteiger partial charge in [0, 0.05) is 16.5 Å². The molecule has 150 valence electrons. The Morgan fingerprint density at radius 3 is 2.34 bits per heavy atom. The van der Waals surface area contributed by atoms with Crippen molar-refractivity contribution in [1.29, 1.82) is 0 Å². The molecule has 0 aliphatic heterocycles. The van der Waals surface area contributed by atoms with Crippen molar-refractivity contribution >= 4 is 28.3 Å². The lowest BCUT2D eigenvalue weighted by atomic mass is 10.0. The molecule has 0 bridgehead atoms. The molecule has 0 saturated carbocycles. The second-order valence-corrected chi connectivity index (χ2v) is 6.33. The van der Waals surface area contributed by atoms with E-state index in [1.807, 2.05) is 6.92 Å². The molecular formula is C22H21NO6. The van der Waals surface area contributed by atoms with Crippen molar-refractivity contribution in [1.82, 2.24) is 0 Å². The van der Waals surface area contributed by atoms with Gasteiger partial charge in [-0.3, -0.25) is 4.79 Å². The second kappa shape index (κ2) is 8.52. The SMILES string of the molecule is CCOc1ccc(NC(=O)[C@@H](C)OC(=O)c2cc(O)c3ccccc3c2O)cc1. The Morgan fingerprint density at radius 1 is 1.03 bits per heavy atom. The molecule has 0 radical (unpaired) electrons. The average molecular weight is 395 g/mol. The predicted octanol–water partition coefficient (Wildman–Crippen LogP) is 3.83. The van der Waals surface area contributed by atoms with Gasteiger partial charge in [-0.1, -0.05) is 24.3 Å². The van der Waals surface area contributed by atoms with Gasteiger partial charge in [0.2, 0.25) is 0 Å². The quantitative estimate of drug-likeness (QED) is 0.433. The molecule has 3 N–H and O–H groups in total. The molecule has 1 amide bonds. The molecule has 0 aliphatic carbocycles. The number of hydrogen-bond acceptors (Lipinski definition) is 6. The van der Waals surface area contributed by atoms with Gasteiger partial charge < -0.3 is 25.0 Å². The summed E-state index contributed by atoms with van der Waals surface area (Å²) in [6.45, 7) is 3.83. The van der Waals surface area contributed by atoms with Gasteiger partial charge in [-0.2, -0.15) is 0 Å². The highest BCUT2D eigenvalue weighted by Crippen LogP contribution is 2.35. The van der Waals surface area contributed by atoms with E-state index >= 15 is 0 Å². The maximum Gasteiger partial charge on any atom is 0.342 e. The lowest BCUT2D eigenvalue weighted by molar-refractivity contribution is -0.123. The summed E-state index contributed by atoms with van der Waals surface area (Å²) in [5, 5.41) is 23.8. The largest absolute Gasteiger partial charge is 0.507 e. The molecule has 0 fully saturated rings. The predicted molar refractivity (Wildman–Crippen MR) is 108 cm³/mol. The third-order valence-electron chi connectivity index (χ3n) is 4.30. The minimum Gasteiger partial charge on any atom is -0.507 e. The minimum absolute atomic E-state index is 0.170. The first-order valence-electron chi connectivity index (χ1n) is 9.09. The normalized spacial score (nSPS) is 11.7. The van der Waals surface area contributed by atoms with Crippen molar-refractivity contribution in [2.75, 3.05) is 11.9 Å². The van der Waals surface area contributed by atoms with Crippen LogP contribution in [0.25, 0.3) is 10.8 Å². The fraction of sp³-hybridized carbons (Fsp3) is 0.182. The van der Waals surface area contributed by atoms with Gasteiger partial charge in [-0.15, -0.1) is 0 Å². The molecule has 0 aliphatic rings. The number of phenolic OH excluding ortho intramolecular Hbond substituents is 2. The van der Waals surface area contributed by atoms with Crippen molar-refractivity contribution in [2.24, 2.45) is 0 Å². The average Bonchev–Trinajstić information content (AvgIpc) is 2.72. The van der Waals surface area contributed by atoms with Crippen LogP contribution in [-0.2, 0) is 9.53 Å². The van der Waals surface area contributed by atoms with Crippen molar-refractivity contribution < 1.29 is 29.3 Å². The number of benzene rings is 3. The number of esters is 1. The summed E-state index contributed by atoms with van der Waals surface area (Å²) in [4.78, 5) is 24.8. The van der Waals surface area contributed by atoms with Crippen LogP contribution in [0, 0.1) is 0 Å². The van der Waals surface area contributed by atoms with Crippen molar-refractivity contribution in [3.8, 4) is 17.2 Å². The molecule has 7 heteroatoms. The molecule has 0 unspecified atom stereocenters. The Bertz CT molecular complexity index is 1050. The lowest BCUT2D eigenvalue weighted by Crippen LogP contribution is -2.30. The summed E-state index contributed by atoms with van der Waals surface area (Å²) in [6, 6.07) is 14.5. The van der Waals surface area contributed by atoms with E-state index in [2.05, 4.69) is 5.32 Å². The number of carbonyl (C=O) groups is 2. The van der Waals surface area contributed by atoms with E-state index in [1.54, 1.807) is 48.5 Å². The second-order valence-electron chi connectivity index (χ2n) is 6.33. The maximum absolute atomic E-state index is 12.5. The fourth-order valence-corrected chi connectivity index (χ4v) is 2.82. The Kier molecular flexibility index (Phi) is 5.87. The lowest BCUT2D eigenvalue weighted by Gasteiger charge is -2.15. The van der Waals surface area contributed by atoms with Crippen molar-refractivity contribution in [2.45, 2.75) is 20.0 Å². The maximum atomic E-state index is 12.5. The van der Waals surface area contributed by atoms with Gasteiger partial charge in [0.05, 0.1) is 6.61 Å². The number of ether oxygens (including phenoxy) is 2. The number of rotatable bonds is 6. The molecule has 1 atom stereocenters. The van der Waals surface area contributed by atoms with Crippen LogP contribution in [0.5, 0.6) is 17.2 Å². The van der Waals surface area contributed by atoms with Crippen LogP contribution in [0.15, 0.2) is 54.6 Å². The Morgan fingerprint density at radius 2 is 1.69 bits per heavy atom. The van der Waals surface area contributed by atoms with Gasteiger partial charge in [0.15, 0.2) is 6.10 Å². The molecule has 3 aromatic rings. The van der Waals surface area contributed by atoms with Crippen LogP contribution in [0.3, 0.4) is 0 Å². The third kappa shape index (κ3) is 4.40. The van der Waals surface area contributed by atoms with E-state index in [-0.39, 0.29) is 17.1 Å². The highest BCUT2D eigenvalue weighted by Gasteiger charge is 2.23. The van der Waals surface area contributed by atoms with Gasteiger partial charge >= 0.3 is 5.97 Å². The number of phenols is 2. The highest BCUT2D eigenvalue weighted by atomic mass is 16.5. The fourth-order valence-electron chi connectivity index (χ4n) is 2.82. The summed E-state index contributed by atoms with van der Waals surface area (Å²) >= 11 is 0. The number of aromatic hydroxyl groups is 2. The number of carbonyl (C=O) groups excluding carboxylic acids is 2. The molecule has 7 nitrogen and oxygen atoms in total. The van der Waals surface area contributed by atoms with Crippen LogP contribution >= 0.6 is 0 Å². The van der Waals surface area contributed by atoms with E-state index in [1.165, 1.54) is 6.92 Å². The number of fused-ring (bicyclic) bond motifs is 1. The van der Waals surface area contributed by atoms with E-state index in [4.69, 9.17) is 9.47 Å². The molecular weight excluding hydrogens is 374 g/mol. The van der Waals surface area contributed by atoms with Gasteiger partial charge in [-0.05, 0) is 44.2 Å². The van der Waals surface area contributed by atoms with Gasteiger partial charge in [0.25, 0.3) is 5.91 Å². The topological polar surface area (TPSA) is 105 Å². The summed E-state index contributed by atoms with van der Waals surface area (Å²) in [5.41, 5.74) is 0.300. The molecule has 29 heavy (non-hydrogen) atoms. The zero-order valence-corrected chi connectivity index (χ0v) is 16.0. The zero-order chi connectivity index (χ0) is 21.0. The van der Waals surface area contributed by atoms with Crippen LogP contribution in [0.1, 0.15) is 24.2 Å².